The largest absolute Gasteiger partial charge is 0.372 e. The molecule has 0 radical (unpaired) electrons. The minimum Gasteiger partial charge on any atom is -0.372 e. The van der Waals surface area contributed by atoms with E-state index in [0.717, 1.165) is 36.7 Å². The Morgan fingerprint density at radius 3 is 2.28 bits per heavy atom. The van der Waals surface area contributed by atoms with E-state index >= 15 is 0 Å². The van der Waals surface area contributed by atoms with E-state index in [-0.39, 0.29) is 5.91 Å². The van der Waals surface area contributed by atoms with Gasteiger partial charge in [0.2, 0.25) is 0 Å². The first kappa shape index (κ1) is 18.8. The second-order valence-electron chi connectivity index (χ2n) is 6.06. The molecular formula is C20H28N4O. The molecule has 1 unspecified atom stereocenters. The third kappa shape index (κ3) is 5.21. The van der Waals surface area contributed by atoms with Crippen molar-refractivity contribution >= 4 is 23.1 Å². The van der Waals surface area contributed by atoms with Gasteiger partial charge in [-0.3, -0.25) is 4.79 Å². The second-order valence-corrected chi connectivity index (χ2v) is 6.06. The summed E-state index contributed by atoms with van der Waals surface area (Å²) in [5, 5.41) is 6.20. The van der Waals surface area contributed by atoms with Crippen LogP contribution < -0.4 is 15.5 Å². The van der Waals surface area contributed by atoms with Crippen molar-refractivity contribution in [2.75, 3.05) is 28.6 Å². The maximum absolute atomic E-state index is 12.4. The molecule has 1 atom stereocenters. The Morgan fingerprint density at radius 2 is 1.76 bits per heavy atom. The van der Waals surface area contributed by atoms with E-state index in [1.165, 1.54) is 0 Å². The predicted molar refractivity (Wildman–Crippen MR) is 106 cm³/mol. The van der Waals surface area contributed by atoms with Crippen LogP contribution in [0, 0.1) is 0 Å². The molecule has 0 aliphatic rings. The summed E-state index contributed by atoms with van der Waals surface area (Å²) < 4.78 is 0. The molecule has 5 nitrogen and oxygen atoms in total. The number of rotatable bonds is 8. The molecule has 0 saturated carbocycles. The number of carbonyl (C=O) groups excluding carboxylic acids is 1. The monoisotopic (exact) mass is 340 g/mol. The maximum atomic E-state index is 12.4. The van der Waals surface area contributed by atoms with Gasteiger partial charge in [-0.2, -0.15) is 0 Å². The van der Waals surface area contributed by atoms with Gasteiger partial charge in [0.05, 0.1) is 5.56 Å². The number of hydrogen-bond acceptors (Lipinski definition) is 4. The Bertz CT molecular complexity index is 663. The van der Waals surface area contributed by atoms with Crippen molar-refractivity contribution < 1.29 is 4.79 Å². The number of benzene rings is 1. The molecule has 2 aromatic rings. The lowest BCUT2D eigenvalue weighted by atomic mass is 10.2. The molecular weight excluding hydrogens is 312 g/mol. The average Bonchev–Trinajstić information content (AvgIpc) is 2.64. The van der Waals surface area contributed by atoms with Crippen molar-refractivity contribution in [1.29, 1.82) is 0 Å². The van der Waals surface area contributed by atoms with Crippen LogP contribution in [0.15, 0.2) is 42.6 Å². The first-order valence-electron chi connectivity index (χ1n) is 8.96. The predicted octanol–water partition coefficient (Wildman–Crippen LogP) is 4.39. The Labute approximate surface area is 150 Å². The smallest absolute Gasteiger partial charge is 0.257 e. The van der Waals surface area contributed by atoms with Gasteiger partial charge < -0.3 is 15.5 Å². The number of hydrogen-bond donors (Lipinski definition) is 2. The van der Waals surface area contributed by atoms with E-state index in [0.29, 0.717) is 11.6 Å². The lowest BCUT2D eigenvalue weighted by molar-refractivity contribution is 0.102. The molecule has 2 N–H and O–H groups in total. The molecule has 0 bridgehead atoms. The van der Waals surface area contributed by atoms with E-state index in [1.807, 2.05) is 30.3 Å². The van der Waals surface area contributed by atoms with Gasteiger partial charge in [-0.25, -0.2) is 4.98 Å². The van der Waals surface area contributed by atoms with Crippen molar-refractivity contribution in [3.8, 4) is 0 Å². The lowest BCUT2D eigenvalue weighted by Gasteiger charge is -2.21. The van der Waals surface area contributed by atoms with Gasteiger partial charge in [-0.1, -0.05) is 6.92 Å². The highest BCUT2D eigenvalue weighted by molar-refractivity contribution is 6.04. The van der Waals surface area contributed by atoms with Gasteiger partial charge in [0.15, 0.2) is 0 Å². The fourth-order valence-corrected chi connectivity index (χ4v) is 2.52. The van der Waals surface area contributed by atoms with E-state index in [9.17, 15) is 4.79 Å². The van der Waals surface area contributed by atoms with Crippen molar-refractivity contribution in [2.45, 2.75) is 40.2 Å². The van der Waals surface area contributed by atoms with Gasteiger partial charge >= 0.3 is 0 Å². The maximum Gasteiger partial charge on any atom is 0.257 e. The van der Waals surface area contributed by atoms with Crippen LogP contribution in [0.2, 0.25) is 0 Å². The van der Waals surface area contributed by atoms with Crippen LogP contribution in [0.4, 0.5) is 17.2 Å². The highest BCUT2D eigenvalue weighted by Gasteiger charge is 2.08. The standard InChI is InChI=1S/C20H28N4O/c1-5-15(4)22-19-13-8-16(14-21-19)20(25)23-17-9-11-18(12-10-17)24(6-2)7-3/h8-15H,5-7H2,1-4H3,(H,21,22)(H,23,25). The summed E-state index contributed by atoms with van der Waals surface area (Å²) in [7, 11) is 0. The topological polar surface area (TPSA) is 57.3 Å². The molecule has 0 fully saturated rings. The van der Waals surface area contributed by atoms with Crippen molar-refractivity contribution in [1.82, 2.24) is 4.98 Å². The molecule has 1 amide bonds. The summed E-state index contributed by atoms with van der Waals surface area (Å²) in [5.74, 6) is 0.632. The van der Waals surface area contributed by atoms with Gasteiger partial charge in [0.1, 0.15) is 5.82 Å². The molecule has 0 aliphatic heterocycles. The molecule has 1 heterocycles. The minimum absolute atomic E-state index is 0.154. The van der Waals surface area contributed by atoms with Gasteiger partial charge in [0, 0.05) is 36.7 Å². The van der Waals surface area contributed by atoms with E-state index < -0.39 is 0 Å². The van der Waals surface area contributed by atoms with Crippen LogP contribution in [0.1, 0.15) is 44.5 Å². The molecule has 134 valence electrons. The number of pyridine rings is 1. The Morgan fingerprint density at radius 1 is 1.08 bits per heavy atom. The van der Waals surface area contributed by atoms with Crippen LogP contribution in [0.5, 0.6) is 0 Å². The molecule has 0 aliphatic carbocycles. The first-order valence-corrected chi connectivity index (χ1v) is 8.96. The third-order valence-electron chi connectivity index (χ3n) is 4.29. The van der Waals surface area contributed by atoms with Crippen molar-refractivity contribution in [3.63, 3.8) is 0 Å². The zero-order valence-electron chi connectivity index (χ0n) is 15.5. The summed E-state index contributed by atoms with van der Waals surface area (Å²) in [5.41, 5.74) is 2.48. The Hall–Kier alpha value is -2.56. The summed E-state index contributed by atoms with van der Waals surface area (Å²) in [4.78, 5) is 18.9. The number of carbonyl (C=O) groups is 1. The molecule has 25 heavy (non-hydrogen) atoms. The average molecular weight is 340 g/mol. The Balaban J connectivity index is 1.99. The van der Waals surface area contributed by atoms with Gasteiger partial charge in [-0.05, 0) is 63.6 Å². The van der Waals surface area contributed by atoms with Crippen LogP contribution in [0.3, 0.4) is 0 Å². The third-order valence-corrected chi connectivity index (χ3v) is 4.29. The van der Waals surface area contributed by atoms with Crippen LogP contribution in [0.25, 0.3) is 0 Å². The summed E-state index contributed by atoms with van der Waals surface area (Å²) >= 11 is 0. The quantitative estimate of drug-likeness (QED) is 0.748. The normalized spacial score (nSPS) is 11.7. The summed E-state index contributed by atoms with van der Waals surface area (Å²) in [6.07, 6.45) is 2.62. The number of anilines is 3. The number of nitrogens with zero attached hydrogens (tertiary/aromatic N) is 2. The molecule has 0 spiro atoms. The molecule has 0 saturated heterocycles. The van der Waals surface area contributed by atoms with E-state index in [4.69, 9.17) is 0 Å². The highest BCUT2D eigenvalue weighted by atomic mass is 16.1. The highest BCUT2D eigenvalue weighted by Crippen LogP contribution is 2.18. The summed E-state index contributed by atoms with van der Waals surface area (Å²) in [6.45, 7) is 10.4. The Kier molecular flexibility index (Phi) is 6.81. The molecule has 2 rings (SSSR count). The van der Waals surface area contributed by atoms with Crippen LogP contribution in [-0.4, -0.2) is 30.0 Å². The van der Waals surface area contributed by atoms with Crippen molar-refractivity contribution in [3.05, 3.63) is 48.2 Å². The second kappa shape index (κ2) is 9.06. The van der Waals surface area contributed by atoms with Gasteiger partial charge in [0.25, 0.3) is 5.91 Å². The van der Waals surface area contributed by atoms with Crippen molar-refractivity contribution in [2.24, 2.45) is 0 Å². The van der Waals surface area contributed by atoms with Gasteiger partial charge in [-0.15, -0.1) is 0 Å². The SMILES string of the molecule is CCC(C)Nc1ccc(C(=O)Nc2ccc(N(CC)CC)cc2)cn1. The summed E-state index contributed by atoms with van der Waals surface area (Å²) in [6, 6.07) is 11.9. The van der Waals surface area contributed by atoms with E-state index in [1.54, 1.807) is 12.3 Å². The van der Waals surface area contributed by atoms with Crippen LogP contribution >= 0.6 is 0 Å². The number of aromatic nitrogens is 1. The fourth-order valence-electron chi connectivity index (χ4n) is 2.52. The molecule has 5 heteroatoms. The minimum atomic E-state index is -0.154. The lowest BCUT2D eigenvalue weighted by Crippen LogP contribution is -2.21. The van der Waals surface area contributed by atoms with E-state index in [2.05, 4.69) is 48.2 Å². The molecule has 1 aromatic carbocycles. The molecule has 1 aromatic heterocycles. The van der Waals surface area contributed by atoms with Crippen LogP contribution in [-0.2, 0) is 0 Å². The zero-order chi connectivity index (χ0) is 18.2. The number of nitrogens with one attached hydrogen (secondary N) is 2. The fraction of sp³-hybridized carbons (Fsp3) is 0.400. The zero-order valence-corrected chi connectivity index (χ0v) is 15.5. The number of amides is 1. The first-order chi connectivity index (χ1) is 12.1.